The molecule has 1 atom stereocenters. The summed E-state index contributed by atoms with van der Waals surface area (Å²) in [7, 11) is 0. The van der Waals surface area contributed by atoms with E-state index in [4.69, 9.17) is 10.8 Å². The van der Waals surface area contributed by atoms with Gasteiger partial charge in [0.15, 0.2) is 0 Å². The first-order chi connectivity index (χ1) is 10.4. The summed E-state index contributed by atoms with van der Waals surface area (Å²) in [6.45, 7) is 2.01. The maximum absolute atomic E-state index is 11.8. The lowest BCUT2D eigenvalue weighted by molar-refractivity contribution is -0.142. The van der Waals surface area contributed by atoms with Crippen LogP contribution in [0.15, 0.2) is 24.3 Å². The number of aliphatic carboxylic acids is 1. The van der Waals surface area contributed by atoms with Crippen LogP contribution >= 0.6 is 0 Å². The molecule has 2 amide bonds. The normalized spacial score (nSPS) is 11.7. The van der Waals surface area contributed by atoms with E-state index in [1.807, 2.05) is 31.2 Å². The van der Waals surface area contributed by atoms with Crippen molar-refractivity contribution < 1.29 is 19.5 Å². The minimum atomic E-state index is -1.16. The number of primary amides is 1. The molecule has 0 spiro atoms. The molecule has 1 aromatic carbocycles. The summed E-state index contributed by atoms with van der Waals surface area (Å²) in [5.74, 6) is -2.07. The molecule has 1 rings (SSSR count). The Bertz CT molecular complexity index is 525. The summed E-state index contributed by atoms with van der Waals surface area (Å²) in [5, 5.41) is 11.4. The first-order valence-corrected chi connectivity index (χ1v) is 7.24. The third-order valence-corrected chi connectivity index (χ3v) is 3.30. The molecule has 0 radical (unpaired) electrons. The summed E-state index contributed by atoms with van der Waals surface area (Å²) >= 11 is 0. The second-order valence-electron chi connectivity index (χ2n) is 5.30. The number of carboxylic acids is 1. The average molecular weight is 306 g/mol. The van der Waals surface area contributed by atoms with Crippen molar-refractivity contribution in [3.05, 3.63) is 35.4 Å². The van der Waals surface area contributed by atoms with E-state index in [2.05, 4.69) is 5.32 Å². The first-order valence-electron chi connectivity index (χ1n) is 7.24. The number of benzene rings is 1. The molecule has 0 aliphatic heterocycles. The molecule has 0 aromatic heterocycles. The Balaban J connectivity index is 2.35. The van der Waals surface area contributed by atoms with Gasteiger partial charge in [0.1, 0.15) is 6.04 Å². The number of carboxylic acid groups (broad SMARTS) is 1. The molecule has 0 fully saturated rings. The van der Waals surface area contributed by atoms with Gasteiger partial charge in [-0.1, -0.05) is 29.8 Å². The van der Waals surface area contributed by atoms with Crippen LogP contribution < -0.4 is 11.1 Å². The Kier molecular flexibility index (Phi) is 7.08. The predicted octanol–water partition coefficient (Wildman–Crippen LogP) is 1.15. The van der Waals surface area contributed by atoms with Crippen LogP contribution in [0.3, 0.4) is 0 Å². The minimum absolute atomic E-state index is 0.00830. The molecule has 0 saturated carbocycles. The Hall–Kier alpha value is -2.37. The van der Waals surface area contributed by atoms with Crippen LogP contribution in [-0.4, -0.2) is 28.9 Å². The van der Waals surface area contributed by atoms with Crippen LogP contribution in [0.2, 0.25) is 0 Å². The topological polar surface area (TPSA) is 109 Å². The van der Waals surface area contributed by atoms with Crippen LogP contribution in [0.1, 0.15) is 36.8 Å². The number of rotatable bonds is 9. The van der Waals surface area contributed by atoms with Crippen molar-refractivity contribution in [2.45, 2.75) is 45.1 Å². The zero-order valence-electron chi connectivity index (χ0n) is 12.7. The van der Waals surface area contributed by atoms with Crippen LogP contribution in [0, 0.1) is 6.92 Å². The van der Waals surface area contributed by atoms with E-state index in [0.29, 0.717) is 6.42 Å². The molecule has 1 unspecified atom stereocenters. The van der Waals surface area contributed by atoms with Gasteiger partial charge >= 0.3 is 5.97 Å². The zero-order valence-corrected chi connectivity index (χ0v) is 12.7. The number of aryl methyl sites for hydroxylation is 2. The Morgan fingerprint density at radius 3 is 2.36 bits per heavy atom. The summed E-state index contributed by atoms with van der Waals surface area (Å²) in [5.41, 5.74) is 7.30. The maximum Gasteiger partial charge on any atom is 0.326 e. The quantitative estimate of drug-likeness (QED) is 0.635. The number of carbonyl (C=O) groups excluding carboxylic acids is 2. The molecular formula is C16H22N2O4. The van der Waals surface area contributed by atoms with Crippen molar-refractivity contribution in [2.24, 2.45) is 5.73 Å². The van der Waals surface area contributed by atoms with Crippen molar-refractivity contribution in [3.8, 4) is 0 Å². The van der Waals surface area contributed by atoms with Crippen LogP contribution in [0.5, 0.6) is 0 Å². The summed E-state index contributed by atoms with van der Waals surface area (Å²) < 4.78 is 0. The molecule has 6 nitrogen and oxygen atoms in total. The molecule has 0 saturated heterocycles. The maximum atomic E-state index is 11.8. The SMILES string of the molecule is Cc1ccc(CCCC(=O)NC(CCC(N)=O)C(=O)O)cc1. The fourth-order valence-corrected chi connectivity index (χ4v) is 2.02. The van der Waals surface area contributed by atoms with E-state index in [1.54, 1.807) is 0 Å². The van der Waals surface area contributed by atoms with Gasteiger partial charge in [-0.3, -0.25) is 9.59 Å². The first kappa shape index (κ1) is 17.7. The van der Waals surface area contributed by atoms with Gasteiger partial charge in [0.05, 0.1) is 0 Å². The molecule has 0 aliphatic rings. The number of hydrogen-bond donors (Lipinski definition) is 3. The Labute approximate surface area is 129 Å². The number of amides is 2. The minimum Gasteiger partial charge on any atom is -0.480 e. The van der Waals surface area contributed by atoms with Crippen molar-refractivity contribution in [3.63, 3.8) is 0 Å². The lowest BCUT2D eigenvalue weighted by atomic mass is 10.1. The Morgan fingerprint density at radius 2 is 1.82 bits per heavy atom. The van der Waals surface area contributed by atoms with E-state index < -0.39 is 17.9 Å². The van der Waals surface area contributed by atoms with Crippen LogP contribution in [0.25, 0.3) is 0 Å². The fourth-order valence-electron chi connectivity index (χ4n) is 2.02. The largest absolute Gasteiger partial charge is 0.480 e. The average Bonchev–Trinajstić information content (AvgIpc) is 2.45. The molecule has 1 aromatic rings. The highest BCUT2D eigenvalue weighted by molar-refractivity contribution is 5.84. The number of nitrogens with two attached hydrogens (primary N) is 1. The second-order valence-corrected chi connectivity index (χ2v) is 5.30. The standard InChI is InChI=1S/C16H22N2O4/c1-11-5-7-12(8-6-11)3-2-4-15(20)18-13(16(21)22)9-10-14(17)19/h5-8,13H,2-4,9-10H2,1H3,(H2,17,19)(H,18,20)(H,21,22). The van der Waals surface area contributed by atoms with E-state index in [0.717, 1.165) is 12.0 Å². The lowest BCUT2D eigenvalue weighted by Gasteiger charge is -2.13. The molecular weight excluding hydrogens is 284 g/mol. The summed E-state index contributed by atoms with van der Waals surface area (Å²) in [6.07, 6.45) is 1.58. The molecule has 120 valence electrons. The highest BCUT2D eigenvalue weighted by Gasteiger charge is 2.20. The Morgan fingerprint density at radius 1 is 1.18 bits per heavy atom. The van der Waals surface area contributed by atoms with Gasteiger partial charge in [0.25, 0.3) is 0 Å². The van der Waals surface area contributed by atoms with Gasteiger partial charge in [-0.15, -0.1) is 0 Å². The van der Waals surface area contributed by atoms with E-state index in [9.17, 15) is 14.4 Å². The molecule has 4 N–H and O–H groups in total. The lowest BCUT2D eigenvalue weighted by Crippen LogP contribution is -2.41. The summed E-state index contributed by atoms with van der Waals surface area (Å²) in [4.78, 5) is 33.4. The van der Waals surface area contributed by atoms with E-state index in [1.165, 1.54) is 5.56 Å². The number of carbonyl (C=O) groups is 3. The summed E-state index contributed by atoms with van der Waals surface area (Å²) in [6, 6.07) is 6.99. The van der Waals surface area contributed by atoms with Gasteiger partial charge < -0.3 is 16.2 Å². The van der Waals surface area contributed by atoms with Crippen LogP contribution in [-0.2, 0) is 20.8 Å². The van der Waals surface area contributed by atoms with Gasteiger partial charge in [0, 0.05) is 12.8 Å². The smallest absolute Gasteiger partial charge is 0.326 e. The van der Waals surface area contributed by atoms with Gasteiger partial charge in [-0.05, 0) is 31.7 Å². The van der Waals surface area contributed by atoms with E-state index >= 15 is 0 Å². The second kappa shape index (κ2) is 8.81. The molecule has 0 bridgehead atoms. The van der Waals surface area contributed by atoms with Crippen LogP contribution in [0.4, 0.5) is 0 Å². The highest BCUT2D eigenvalue weighted by atomic mass is 16.4. The van der Waals surface area contributed by atoms with Crippen molar-refractivity contribution in [1.82, 2.24) is 5.32 Å². The van der Waals surface area contributed by atoms with Crippen molar-refractivity contribution >= 4 is 17.8 Å². The van der Waals surface area contributed by atoms with Crippen molar-refractivity contribution in [1.29, 1.82) is 0 Å². The zero-order chi connectivity index (χ0) is 16.5. The molecule has 0 heterocycles. The molecule has 0 aliphatic carbocycles. The monoisotopic (exact) mass is 306 g/mol. The highest BCUT2D eigenvalue weighted by Crippen LogP contribution is 2.07. The third kappa shape index (κ3) is 6.88. The van der Waals surface area contributed by atoms with Crippen molar-refractivity contribution in [2.75, 3.05) is 0 Å². The predicted molar refractivity (Wildman–Crippen MR) is 82.1 cm³/mol. The molecule has 6 heteroatoms. The van der Waals surface area contributed by atoms with Gasteiger partial charge in [-0.25, -0.2) is 4.79 Å². The molecule has 22 heavy (non-hydrogen) atoms. The van der Waals surface area contributed by atoms with Gasteiger partial charge in [-0.2, -0.15) is 0 Å². The number of nitrogens with one attached hydrogen (secondary N) is 1. The fraction of sp³-hybridized carbons (Fsp3) is 0.438. The van der Waals surface area contributed by atoms with Gasteiger partial charge in [0.2, 0.25) is 11.8 Å². The van der Waals surface area contributed by atoms with E-state index in [-0.39, 0.29) is 25.2 Å². The number of hydrogen-bond acceptors (Lipinski definition) is 3. The third-order valence-electron chi connectivity index (χ3n) is 3.30.